The monoisotopic (exact) mass is 278 g/mol. The molecule has 0 fully saturated rings. The number of nitrogen functional groups attached to an aromatic ring is 1. The van der Waals surface area contributed by atoms with Crippen LogP contribution in [0.1, 0.15) is 11.4 Å². The van der Waals surface area contributed by atoms with Gasteiger partial charge in [-0.1, -0.05) is 18.2 Å². The van der Waals surface area contributed by atoms with E-state index < -0.39 is 0 Å². The average molecular weight is 278 g/mol. The second-order valence-electron chi connectivity index (χ2n) is 5.20. The number of aryl methyl sites for hydroxylation is 1. The number of rotatable bonds is 3. The molecule has 0 spiro atoms. The Morgan fingerprint density at radius 3 is 2.71 bits per heavy atom. The number of pyridine rings is 2. The van der Waals surface area contributed by atoms with Gasteiger partial charge in [-0.2, -0.15) is 0 Å². The lowest BCUT2D eigenvalue weighted by molar-refractivity contribution is 0.880. The minimum atomic E-state index is 0.705. The molecule has 0 atom stereocenters. The van der Waals surface area contributed by atoms with E-state index >= 15 is 0 Å². The molecular weight excluding hydrogens is 260 g/mol. The maximum atomic E-state index is 6.00. The van der Waals surface area contributed by atoms with Crippen molar-refractivity contribution in [2.75, 3.05) is 17.7 Å². The molecule has 3 aromatic rings. The minimum Gasteiger partial charge on any atom is -0.397 e. The zero-order valence-electron chi connectivity index (χ0n) is 12.2. The van der Waals surface area contributed by atoms with E-state index in [1.54, 1.807) is 6.20 Å². The molecule has 0 aliphatic rings. The Morgan fingerprint density at radius 1 is 1.10 bits per heavy atom. The van der Waals surface area contributed by atoms with Crippen LogP contribution in [0.5, 0.6) is 0 Å². The highest BCUT2D eigenvalue weighted by Crippen LogP contribution is 2.28. The van der Waals surface area contributed by atoms with Crippen molar-refractivity contribution in [1.82, 2.24) is 9.97 Å². The highest BCUT2D eigenvalue weighted by Gasteiger charge is 2.09. The summed E-state index contributed by atoms with van der Waals surface area (Å²) in [4.78, 5) is 11.1. The first-order valence-corrected chi connectivity index (χ1v) is 6.92. The van der Waals surface area contributed by atoms with Gasteiger partial charge in [0.15, 0.2) is 0 Å². The molecule has 0 unspecified atom stereocenters. The number of nitrogens with zero attached hydrogens (tertiary/aromatic N) is 3. The predicted octanol–water partition coefficient (Wildman–Crippen LogP) is 3.16. The molecule has 2 heterocycles. The summed E-state index contributed by atoms with van der Waals surface area (Å²) in [5, 5.41) is 1.06. The largest absolute Gasteiger partial charge is 0.397 e. The summed E-state index contributed by atoms with van der Waals surface area (Å²) in [6.45, 7) is 2.75. The summed E-state index contributed by atoms with van der Waals surface area (Å²) < 4.78 is 0. The van der Waals surface area contributed by atoms with Gasteiger partial charge in [0, 0.05) is 30.0 Å². The van der Waals surface area contributed by atoms with E-state index in [0.717, 1.165) is 34.5 Å². The van der Waals surface area contributed by atoms with E-state index in [-0.39, 0.29) is 0 Å². The molecule has 2 aromatic heterocycles. The van der Waals surface area contributed by atoms with Crippen LogP contribution in [0.25, 0.3) is 10.9 Å². The Labute approximate surface area is 124 Å². The van der Waals surface area contributed by atoms with Gasteiger partial charge in [-0.05, 0) is 31.2 Å². The van der Waals surface area contributed by atoms with Crippen LogP contribution in [0.15, 0.2) is 48.7 Å². The second kappa shape index (κ2) is 5.40. The van der Waals surface area contributed by atoms with E-state index in [1.165, 1.54) is 0 Å². The first kappa shape index (κ1) is 13.4. The van der Waals surface area contributed by atoms with Gasteiger partial charge in [0.05, 0.1) is 23.4 Å². The molecule has 0 bridgehead atoms. The molecule has 3 rings (SSSR count). The molecule has 0 amide bonds. The van der Waals surface area contributed by atoms with Crippen molar-refractivity contribution in [2.45, 2.75) is 13.5 Å². The van der Waals surface area contributed by atoms with Crippen LogP contribution in [0.2, 0.25) is 0 Å². The maximum absolute atomic E-state index is 6.00. The highest BCUT2D eigenvalue weighted by atomic mass is 15.1. The van der Waals surface area contributed by atoms with Gasteiger partial charge < -0.3 is 10.6 Å². The van der Waals surface area contributed by atoms with Crippen LogP contribution in [0.3, 0.4) is 0 Å². The van der Waals surface area contributed by atoms with Gasteiger partial charge in [0.2, 0.25) is 0 Å². The zero-order valence-corrected chi connectivity index (χ0v) is 12.2. The van der Waals surface area contributed by atoms with Crippen molar-refractivity contribution in [1.29, 1.82) is 0 Å². The van der Waals surface area contributed by atoms with Gasteiger partial charge in [0.1, 0.15) is 0 Å². The van der Waals surface area contributed by atoms with Crippen LogP contribution >= 0.6 is 0 Å². The fourth-order valence-electron chi connectivity index (χ4n) is 2.53. The van der Waals surface area contributed by atoms with E-state index in [9.17, 15) is 0 Å². The van der Waals surface area contributed by atoms with Crippen molar-refractivity contribution in [3.8, 4) is 0 Å². The number of para-hydroxylation sites is 1. The summed E-state index contributed by atoms with van der Waals surface area (Å²) >= 11 is 0. The predicted molar refractivity (Wildman–Crippen MR) is 87.2 cm³/mol. The Morgan fingerprint density at radius 2 is 1.90 bits per heavy atom. The summed E-state index contributed by atoms with van der Waals surface area (Å²) in [6, 6.07) is 14.0. The van der Waals surface area contributed by atoms with Crippen LogP contribution in [0, 0.1) is 6.92 Å². The summed E-state index contributed by atoms with van der Waals surface area (Å²) in [6.07, 6.45) is 1.80. The summed E-state index contributed by atoms with van der Waals surface area (Å²) in [5.41, 5.74) is 10.7. The summed E-state index contributed by atoms with van der Waals surface area (Å²) in [5.74, 6) is 0. The SMILES string of the molecule is Cc1cccc(CN(C)c2ccnc3c(N)cccc23)n1. The first-order valence-electron chi connectivity index (χ1n) is 6.92. The Hall–Kier alpha value is -2.62. The standard InChI is InChI=1S/C17H18N4/c1-12-5-3-6-13(20-12)11-21(2)16-9-10-19-17-14(16)7-4-8-15(17)18/h3-10H,11,18H2,1-2H3. The third kappa shape index (κ3) is 2.65. The highest BCUT2D eigenvalue weighted by molar-refractivity contribution is 5.97. The third-order valence-electron chi connectivity index (χ3n) is 3.54. The van der Waals surface area contributed by atoms with E-state index in [4.69, 9.17) is 5.73 Å². The number of hydrogen-bond donors (Lipinski definition) is 1. The van der Waals surface area contributed by atoms with E-state index in [1.807, 2.05) is 49.4 Å². The molecule has 4 heteroatoms. The van der Waals surface area contributed by atoms with Gasteiger partial charge in [-0.15, -0.1) is 0 Å². The molecule has 2 N–H and O–H groups in total. The van der Waals surface area contributed by atoms with Gasteiger partial charge in [-0.3, -0.25) is 9.97 Å². The molecule has 0 aliphatic heterocycles. The van der Waals surface area contributed by atoms with Crippen molar-refractivity contribution >= 4 is 22.3 Å². The van der Waals surface area contributed by atoms with Gasteiger partial charge >= 0.3 is 0 Å². The number of anilines is 2. The smallest absolute Gasteiger partial charge is 0.0951 e. The van der Waals surface area contributed by atoms with Crippen molar-refractivity contribution in [3.63, 3.8) is 0 Å². The lowest BCUT2D eigenvalue weighted by Crippen LogP contribution is -2.18. The molecule has 1 aromatic carbocycles. The van der Waals surface area contributed by atoms with Crippen LogP contribution in [-0.2, 0) is 6.54 Å². The Kier molecular flexibility index (Phi) is 3.44. The minimum absolute atomic E-state index is 0.705. The lowest BCUT2D eigenvalue weighted by Gasteiger charge is -2.21. The van der Waals surface area contributed by atoms with Crippen molar-refractivity contribution < 1.29 is 0 Å². The number of hydrogen-bond acceptors (Lipinski definition) is 4. The maximum Gasteiger partial charge on any atom is 0.0951 e. The number of aromatic nitrogens is 2. The van der Waals surface area contributed by atoms with Crippen LogP contribution in [-0.4, -0.2) is 17.0 Å². The lowest BCUT2D eigenvalue weighted by atomic mass is 10.1. The topological polar surface area (TPSA) is 55.0 Å². The van der Waals surface area contributed by atoms with Crippen molar-refractivity contribution in [3.05, 3.63) is 60.0 Å². The van der Waals surface area contributed by atoms with E-state index in [0.29, 0.717) is 5.69 Å². The Bertz CT molecular complexity index is 783. The molecule has 21 heavy (non-hydrogen) atoms. The van der Waals surface area contributed by atoms with Gasteiger partial charge in [0.25, 0.3) is 0 Å². The van der Waals surface area contributed by atoms with Crippen molar-refractivity contribution in [2.24, 2.45) is 0 Å². The number of nitrogens with two attached hydrogens (primary N) is 1. The molecule has 0 aliphatic carbocycles. The first-order chi connectivity index (χ1) is 10.1. The molecular formula is C17H18N4. The van der Waals surface area contributed by atoms with Gasteiger partial charge in [-0.25, -0.2) is 0 Å². The third-order valence-corrected chi connectivity index (χ3v) is 3.54. The van der Waals surface area contributed by atoms with E-state index in [2.05, 4.69) is 21.9 Å². The zero-order chi connectivity index (χ0) is 14.8. The summed E-state index contributed by atoms with van der Waals surface area (Å²) in [7, 11) is 2.06. The second-order valence-corrected chi connectivity index (χ2v) is 5.20. The number of benzene rings is 1. The molecule has 0 radical (unpaired) electrons. The fraction of sp³-hybridized carbons (Fsp3) is 0.176. The molecule has 0 saturated heterocycles. The van der Waals surface area contributed by atoms with Crippen LogP contribution in [0.4, 0.5) is 11.4 Å². The molecule has 106 valence electrons. The molecule has 0 saturated carbocycles. The quantitative estimate of drug-likeness (QED) is 0.748. The Balaban J connectivity index is 1.98. The number of fused-ring (bicyclic) bond motifs is 1. The normalized spacial score (nSPS) is 10.8. The van der Waals surface area contributed by atoms with Crippen LogP contribution < -0.4 is 10.6 Å². The average Bonchev–Trinajstić information content (AvgIpc) is 2.47. The fourth-order valence-corrected chi connectivity index (χ4v) is 2.53. The molecule has 4 nitrogen and oxygen atoms in total.